The van der Waals surface area contributed by atoms with E-state index in [2.05, 4.69) is 12.2 Å². The molecule has 0 aliphatic heterocycles. The standard InChI is InChI=1S/C9H17F3N2S/c1-7(2)14(6-9(10,11)12)5-3-4-8(13)15/h7H,3-6H2,1-2H3,(H2,13,15). The van der Waals surface area contributed by atoms with E-state index in [0.717, 1.165) is 0 Å². The fourth-order valence-corrected chi connectivity index (χ4v) is 1.35. The summed E-state index contributed by atoms with van der Waals surface area (Å²) in [7, 11) is 0. The number of halogens is 3. The van der Waals surface area contributed by atoms with Crippen molar-refractivity contribution in [2.45, 2.75) is 38.9 Å². The molecule has 0 bridgehead atoms. The van der Waals surface area contributed by atoms with E-state index in [1.54, 1.807) is 13.8 Å². The molecule has 0 rings (SSSR count). The summed E-state index contributed by atoms with van der Waals surface area (Å²) in [6, 6.07) is -0.127. The first-order valence-corrected chi connectivity index (χ1v) is 5.22. The molecule has 2 nitrogen and oxygen atoms in total. The summed E-state index contributed by atoms with van der Waals surface area (Å²) in [4.78, 5) is 1.73. The van der Waals surface area contributed by atoms with Gasteiger partial charge in [0.1, 0.15) is 0 Å². The predicted octanol–water partition coefficient (Wildman–Crippen LogP) is 2.33. The summed E-state index contributed by atoms with van der Waals surface area (Å²) >= 11 is 4.66. The van der Waals surface area contributed by atoms with Gasteiger partial charge in [-0.3, -0.25) is 4.90 Å². The Hall–Kier alpha value is -0.360. The van der Waals surface area contributed by atoms with Gasteiger partial charge in [0, 0.05) is 6.04 Å². The van der Waals surface area contributed by atoms with Crippen molar-refractivity contribution in [2.75, 3.05) is 13.1 Å². The molecular formula is C9H17F3N2S. The maximum atomic E-state index is 12.2. The number of nitrogens with zero attached hydrogens (tertiary/aromatic N) is 1. The molecule has 0 aromatic heterocycles. The highest BCUT2D eigenvalue weighted by Gasteiger charge is 2.31. The molecule has 2 N–H and O–H groups in total. The molecular weight excluding hydrogens is 225 g/mol. The average Bonchev–Trinajstić information content (AvgIpc) is 1.99. The topological polar surface area (TPSA) is 29.3 Å². The van der Waals surface area contributed by atoms with Crippen molar-refractivity contribution >= 4 is 17.2 Å². The third-order valence-electron chi connectivity index (χ3n) is 1.98. The molecule has 0 aliphatic carbocycles. The largest absolute Gasteiger partial charge is 0.401 e. The van der Waals surface area contributed by atoms with Crippen LogP contribution < -0.4 is 5.73 Å². The monoisotopic (exact) mass is 242 g/mol. The Kier molecular flexibility index (Phi) is 6.12. The third-order valence-corrected chi connectivity index (χ3v) is 2.19. The zero-order chi connectivity index (χ0) is 12.1. The number of hydrogen-bond acceptors (Lipinski definition) is 2. The van der Waals surface area contributed by atoms with Crippen LogP contribution in [0, 0.1) is 0 Å². The van der Waals surface area contributed by atoms with Gasteiger partial charge in [0.15, 0.2) is 0 Å². The second-order valence-electron chi connectivity index (χ2n) is 3.75. The minimum absolute atomic E-state index is 0.127. The second-order valence-corrected chi connectivity index (χ2v) is 4.27. The molecule has 0 aliphatic rings. The first-order chi connectivity index (χ1) is 6.72. The van der Waals surface area contributed by atoms with Crippen molar-refractivity contribution in [1.29, 1.82) is 0 Å². The lowest BCUT2D eigenvalue weighted by atomic mass is 10.2. The van der Waals surface area contributed by atoms with Crippen molar-refractivity contribution in [3.8, 4) is 0 Å². The predicted molar refractivity (Wildman–Crippen MR) is 58.8 cm³/mol. The van der Waals surface area contributed by atoms with E-state index in [-0.39, 0.29) is 6.04 Å². The molecule has 0 radical (unpaired) electrons. The molecule has 6 heteroatoms. The van der Waals surface area contributed by atoms with Crippen LogP contribution in [0.4, 0.5) is 13.2 Å². The van der Waals surface area contributed by atoms with E-state index in [1.807, 2.05) is 0 Å². The Morgan fingerprint density at radius 3 is 2.27 bits per heavy atom. The van der Waals surface area contributed by atoms with Crippen LogP contribution in [-0.2, 0) is 0 Å². The Labute approximate surface area is 93.6 Å². The third kappa shape index (κ3) is 8.62. The number of thiocarbonyl (C=S) groups is 1. The summed E-state index contributed by atoms with van der Waals surface area (Å²) in [6.45, 7) is 2.98. The molecule has 0 fully saturated rings. The van der Waals surface area contributed by atoms with E-state index < -0.39 is 12.7 Å². The van der Waals surface area contributed by atoms with Gasteiger partial charge >= 0.3 is 6.18 Å². The molecule has 0 unspecified atom stereocenters. The van der Waals surface area contributed by atoms with Crippen molar-refractivity contribution in [3.63, 3.8) is 0 Å². The molecule has 0 spiro atoms. The van der Waals surface area contributed by atoms with Gasteiger partial charge in [0.2, 0.25) is 0 Å². The van der Waals surface area contributed by atoms with Gasteiger partial charge < -0.3 is 5.73 Å². The summed E-state index contributed by atoms with van der Waals surface area (Å²) in [5, 5.41) is 0. The van der Waals surface area contributed by atoms with E-state index in [0.29, 0.717) is 24.4 Å². The van der Waals surface area contributed by atoms with E-state index in [9.17, 15) is 13.2 Å². The SMILES string of the molecule is CC(C)N(CCCC(N)=S)CC(F)(F)F. The number of nitrogens with two attached hydrogens (primary N) is 1. The van der Waals surface area contributed by atoms with Gasteiger partial charge in [0.25, 0.3) is 0 Å². The van der Waals surface area contributed by atoms with Crippen molar-refractivity contribution < 1.29 is 13.2 Å². The summed E-state index contributed by atoms with van der Waals surface area (Å²) < 4.78 is 36.5. The lowest BCUT2D eigenvalue weighted by Crippen LogP contribution is -2.39. The maximum Gasteiger partial charge on any atom is 0.401 e. The molecule has 0 saturated carbocycles. The second kappa shape index (κ2) is 6.27. The van der Waals surface area contributed by atoms with Crippen LogP contribution in [0.3, 0.4) is 0 Å². The molecule has 15 heavy (non-hydrogen) atoms. The fraction of sp³-hybridized carbons (Fsp3) is 0.889. The van der Waals surface area contributed by atoms with Gasteiger partial charge in [-0.25, -0.2) is 0 Å². The van der Waals surface area contributed by atoms with Crippen LogP contribution in [0.25, 0.3) is 0 Å². The molecule has 0 aromatic carbocycles. The number of hydrogen-bond donors (Lipinski definition) is 1. The maximum absolute atomic E-state index is 12.2. The Bertz CT molecular complexity index is 204. The molecule has 90 valence electrons. The first kappa shape index (κ1) is 14.6. The minimum atomic E-state index is -4.15. The Balaban J connectivity index is 4.00. The molecule has 0 saturated heterocycles. The van der Waals surface area contributed by atoms with Crippen molar-refractivity contribution in [1.82, 2.24) is 4.90 Å². The first-order valence-electron chi connectivity index (χ1n) is 4.81. The minimum Gasteiger partial charge on any atom is -0.393 e. The number of alkyl halides is 3. The summed E-state index contributed by atoms with van der Waals surface area (Å²) in [5.74, 6) is 0. The highest BCUT2D eigenvalue weighted by atomic mass is 32.1. The van der Waals surface area contributed by atoms with Crippen LogP contribution >= 0.6 is 12.2 Å². The average molecular weight is 242 g/mol. The number of rotatable bonds is 6. The Morgan fingerprint density at radius 2 is 1.93 bits per heavy atom. The van der Waals surface area contributed by atoms with Crippen molar-refractivity contribution in [3.05, 3.63) is 0 Å². The Morgan fingerprint density at radius 1 is 1.40 bits per heavy atom. The van der Waals surface area contributed by atoms with Crippen LogP contribution in [0.1, 0.15) is 26.7 Å². The molecule has 0 amide bonds. The molecule has 0 aromatic rings. The lowest BCUT2D eigenvalue weighted by Gasteiger charge is -2.27. The van der Waals surface area contributed by atoms with Gasteiger partial charge in [-0.2, -0.15) is 13.2 Å². The van der Waals surface area contributed by atoms with E-state index in [4.69, 9.17) is 5.73 Å². The van der Waals surface area contributed by atoms with E-state index in [1.165, 1.54) is 4.90 Å². The zero-order valence-electron chi connectivity index (χ0n) is 8.97. The van der Waals surface area contributed by atoms with Crippen LogP contribution in [0.5, 0.6) is 0 Å². The zero-order valence-corrected chi connectivity index (χ0v) is 9.79. The lowest BCUT2D eigenvalue weighted by molar-refractivity contribution is -0.149. The van der Waals surface area contributed by atoms with Gasteiger partial charge in [-0.1, -0.05) is 12.2 Å². The van der Waals surface area contributed by atoms with Crippen LogP contribution in [0.15, 0.2) is 0 Å². The van der Waals surface area contributed by atoms with Crippen LogP contribution in [-0.4, -0.2) is 35.2 Å². The highest BCUT2D eigenvalue weighted by molar-refractivity contribution is 7.80. The summed E-state index contributed by atoms with van der Waals surface area (Å²) in [6.07, 6.45) is -3.08. The quantitative estimate of drug-likeness (QED) is 0.725. The van der Waals surface area contributed by atoms with Gasteiger partial charge in [-0.15, -0.1) is 0 Å². The van der Waals surface area contributed by atoms with Crippen LogP contribution in [0.2, 0.25) is 0 Å². The fourth-order valence-electron chi connectivity index (χ4n) is 1.21. The van der Waals surface area contributed by atoms with Gasteiger partial charge in [0.05, 0.1) is 11.5 Å². The highest BCUT2D eigenvalue weighted by Crippen LogP contribution is 2.18. The molecule has 0 atom stereocenters. The van der Waals surface area contributed by atoms with Gasteiger partial charge in [-0.05, 0) is 33.2 Å². The molecule has 0 heterocycles. The smallest absolute Gasteiger partial charge is 0.393 e. The van der Waals surface area contributed by atoms with E-state index >= 15 is 0 Å². The normalized spacial score (nSPS) is 12.5. The van der Waals surface area contributed by atoms with Crippen molar-refractivity contribution in [2.24, 2.45) is 5.73 Å². The summed E-state index contributed by atoms with van der Waals surface area (Å²) in [5.41, 5.74) is 5.27.